The number of hydrogen-bond donors (Lipinski definition) is 1. The second-order valence-electron chi connectivity index (χ2n) is 5.23. The quantitative estimate of drug-likeness (QED) is 0.899. The van der Waals surface area contributed by atoms with Crippen LogP contribution in [0.1, 0.15) is 15.9 Å². The molecular formula is C16H16N6O. The molecule has 23 heavy (non-hydrogen) atoms. The van der Waals surface area contributed by atoms with E-state index < -0.39 is 5.91 Å². The van der Waals surface area contributed by atoms with Gasteiger partial charge >= 0.3 is 0 Å². The number of rotatable bonds is 3. The van der Waals surface area contributed by atoms with Crippen LogP contribution in [0.4, 0.5) is 11.6 Å². The predicted octanol–water partition coefficient (Wildman–Crippen LogP) is 0.774. The largest absolute Gasteiger partial charge is 0.365 e. The van der Waals surface area contributed by atoms with Gasteiger partial charge in [-0.25, -0.2) is 9.97 Å². The van der Waals surface area contributed by atoms with Crippen LogP contribution in [0.15, 0.2) is 36.7 Å². The van der Waals surface area contributed by atoms with E-state index in [4.69, 9.17) is 11.0 Å². The molecule has 116 valence electrons. The van der Waals surface area contributed by atoms with Crippen LogP contribution >= 0.6 is 0 Å². The van der Waals surface area contributed by atoms with Gasteiger partial charge in [0.1, 0.15) is 17.7 Å². The summed E-state index contributed by atoms with van der Waals surface area (Å²) < 4.78 is 0. The lowest BCUT2D eigenvalue weighted by atomic mass is 10.2. The summed E-state index contributed by atoms with van der Waals surface area (Å²) in [5, 5.41) is 8.82. The molecule has 0 atom stereocenters. The second-order valence-corrected chi connectivity index (χ2v) is 5.23. The Morgan fingerprint density at radius 3 is 2.48 bits per heavy atom. The zero-order chi connectivity index (χ0) is 16.2. The minimum absolute atomic E-state index is 0.442. The molecule has 0 aromatic carbocycles. The summed E-state index contributed by atoms with van der Waals surface area (Å²) in [6, 6.07) is 9.08. The molecule has 2 aromatic rings. The molecule has 0 spiro atoms. The molecule has 1 saturated heterocycles. The molecule has 7 nitrogen and oxygen atoms in total. The highest BCUT2D eigenvalue weighted by molar-refractivity contribution is 5.97. The lowest BCUT2D eigenvalue weighted by Crippen LogP contribution is -2.47. The molecule has 0 bridgehead atoms. The topological polar surface area (TPSA) is 99.1 Å². The van der Waals surface area contributed by atoms with Crippen molar-refractivity contribution in [2.24, 2.45) is 5.73 Å². The van der Waals surface area contributed by atoms with Gasteiger partial charge in [0.25, 0.3) is 5.91 Å². The number of pyridine rings is 2. The van der Waals surface area contributed by atoms with Crippen LogP contribution in [0.2, 0.25) is 0 Å². The van der Waals surface area contributed by atoms with E-state index in [-0.39, 0.29) is 0 Å². The van der Waals surface area contributed by atoms with Crippen molar-refractivity contribution in [1.29, 1.82) is 5.26 Å². The number of primary amides is 1. The SMILES string of the molecule is N#Cc1ccc(N2CCN(c3ncccc3C(N)=O)CC2)nc1. The Bertz CT molecular complexity index is 744. The van der Waals surface area contributed by atoms with E-state index in [0.717, 1.165) is 32.0 Å². The summed E-state index contributed by atoms with van der Waals surface area (Å²) in [7, 11) is 0. The molecule has 7 heteroatoms. The van der Waals surface area contributed by atoms with E-state index in [1.165, 1.54) is 0 Å². The number of nitrogens with two attached hydrogens (primary N) is 1. The fourth-order valence-electron chi connectivity index (χ4n) is 2.63. The predicted molar refractivity (Wildman–Crippen MR) is 86.1 cm³/mol. The lowest BCUT2D eigenvalue weighted by molar-refractivity contribution is 0.100. The standard InChI is InChI=1S/C16H16N6O/c17-10-12-3-4-14(20-11-12)21-6-8-22(9-7-21)16-13(15(18)23)2-1-5-19-16/h1-5,11H,6-9H2,(H2,18,23). The van der Waals surface area contributed by atoms with Crippen molar-refractivity contribution >= 4 is 17.5 Å². The number of nitrogens with zero attached hydrogens (tertiary/aromatic N) is 5. The second kappa shape index (κ2) is 6.32. The molecule has 0 radical (unpaired) electrons. The number of aromatic nitrogens is 2. The van der Waals surface area contributed by atoms with Crippen LogP contribution in [0.25, 0.3) is 0 Å². The lowest BCUT2D eigenvalue weighted by Gasteiger charge is -2.36. The first-order valence-corrected chi connectivity index (χ1v) is 7.30. The minimum Gasteiger partial charge on any atom is -0.365 e. The summed E-state index contributed by atoms with van der Waals surface area (Å²) >= 11 is 0. The van der Waals surface area contributed by atoms with Gasteiger partial charge in [-0.3, -0.25) is 4.79 Å². The Labute approximate surface area is 134 Å². The molecule has 1 aliphatic heterocycles. The molecule has 1 amide bonds. The van der Waals surface area contributed by atoms with Gasteiger partial charge in [-0.05, 0) is 24.3 Å². The van der Waals surface area contributed by atoms with Gasteiger partial charge in [0.05, 0.1) is 11.1 Å². The van der Waals surface area contributed by atoms with Crippen LogP contribution in [-0.2, 0) is 0 Å². The highest BCUT2D eigenvalue weighted by Crippen LogP contribution is 2.20. The first-order chi connectivity index (χ1) is 11.2. The maximum absolute atomic E-state index is 11.5. The third-order valence-corrected chi connectivity index (χ3v) is 3.83. The number of carbonyl (C=O) groups is 1. The maximum atomic E-state index is 11.5. The van der Waals surface area contributed by atoms with Gasteiger partial charge in [-0.2, -0.15) is 5.26 Å². The first kappa shape index (κ1) is 14.8. The van der Waals surface area contributed by atoms with E-state index in [9.17, 15) is 4.79 Å². The smallest absolute Gasteiger partial charge is 0.252 e. The average molecular weight is 308 g/mol. The molecule has 0 saturated carbocycles. The van der Waals surface area contributed by atoms with Crippen molar-refractivity contribution in [2.45, 2.75) is 0 Å². The Balaban J connectivity index is 1.71. The Morgan fingerprint density at radius 2 is 1.87 bits per heavy atom. The summed E-state index contributed by atoms with van der Waals surface area (Å²) in [6.07, 6.45) is 3.24. The molecule has 1 aliphatic rings. The van der Waals surface area contributed by atoms with E-state index >= 15 is 0 Å². The van der Waals surface area contributed by atoms with Gasteiger partial charge in [-0.1, -0.05) is 0 Å². The summed E-state index contributed by atoms with van der Waals surface area (Å²) in [5.74, 6) is 1.01. The molecule has 2 aromatic heterocycles. The molecule has 1 fully saturated rings. The maximum Gasteiger partial charge on any atom is 0.252 e. The van der Waals surface area contributed by atoms with Crippen LogP contribution < -0.4 is 15.5 Å². The highest BCUT2D eigenvalue weighted by Gasteiger charge is 2.22. The molecule has 3 rings (SSSR count). The monoisotopic (exact) mass is 308 g/mol. The van der Waals surface area contributed by atoms with Crippen molar-refractivity contribution in [3.8, 4) is 6.07 Å². The summed E-state index contributed by atoms with van der Waals surface area (Å²) in [5.41, 5.74) is 6.40. The van der Waals surface area contributed by atoms with Gasteiger partial charge in [0, 0.05) is 38.6 Å². The van der Waals surface area contributed by atoms with E-state index in [0.29, 0.717) is 16.9 Å². The van der Waals surface area contributed by atoms with Crippen molar-refractivity contribution in [3.63, 3.8) is 0 Å². The van der Waals surface area contributed by atoms with Crippen LogP contribution in [-0.4, -0.2) is 42.1 Å². The van der Waals surface area contributed by atoms with Crippen molar-refractivity contribution in [1.82, 2.24) is 9.97 Å². The minimum atomic E-state index is -0.468. The molecule has 0 unspecified atom stereocenters. The number of nitriles is 1. The Morgan fingerprint density at radius 1 is 1.13 bits per heavy atom. The van der Waals surface area contributed by atoms with Gasteiger partial charge in [-0.15, -0.1) is 0 Å². The van der Waals surface area contributed by atoms with Crippen molar-refractivity contribution in [3.05, 3.63) is 47.8 Å². The first-order valence-electron chi connectivity index (χ1n) is 7.30. The van der Waals surface area contributed by atoms with E-state index in [2.05, 4.69) is 25.8 Å². The fraction of sp³-hybridized carbons (Fsp3) is 0.250. The Kier molecular flexibility index (Phi) is 4.06. The van der Waals surface area contributed by atoms with Gasteiger partial charge < -0.3 is 15.5 Å². The molecule has 0 aliphatic carbocycles. The zero-order valence-electron chi connectivity index (χ0n) is 12.5. The van der Waals surface area contributed by atoms with Gasteiger partial charge in [0.2, 0.25) is 0 Å². The van der Waals surface area contributed by atoms with Crippen molar-refractivity contribution in [2.75, 3.05) is 36.0 Å². The highest BCUT2D eigenvalue weighted by atomic mass is 16.1. The van der Waals surface area contributed by atoms with Crippen LogP contribution in [0.3, 0.4) is 0 Å². The average Bonchev–Trinajstić information content (AvgIpc) is 2.62. The normalized spacial score (nSPS) is 14.4. The molecule has 2 N–H and O–H groups in total. The number of carbonyl (C=O) groups excluding carboxylic acids is 1. The molecular weight excluding hydrogens is 292 g/mol. The molecule has 3 heterocycles. The summed E-state index contributed by atoms with van der Waals surface area (Å²) in [4.78, 5) is 24.3. The number of amides is 1. The van der Waals surface area contributed by atoms with E-state index in [1.807, 2.05) is 6.07 Å². The number of hydrogen-bond acceptors (Lipinski definition) is 6. The summed E-state index contributed by atoms with van der Waals surface area (Å²) in [6.45, 7) is 2.96. The van der Waals surface area contributed by atoms with E-state index in [1.54, 1.807) is 30.6 Å². The van der Waals surface area contributed by atoms with Crippen LogP contribution in [0.5, 0.6) is 0 Å². The third kappa shape index (κ3) is 3.06. The number of piperazine rings is 1. The van der Waals surface area contributed by atoms with Crippen molar-refractivity contribution < 1.29 is 4.79 Å². The zero-order valence-corrected chi connectivity index (χ0v) is 12.5. The number of anilines is 2. The fourth-order valence-corrected chi connectivity index (χ4v) is 2.63. The third-order valence-electron chi connectivity index (χ3n) is 3.83. The van der Waals surface area contributed by atoms with Crippen LogP contribution in [0, 0.1) is 11.3 Å². The van der Waals surface area contributed by atoms with Gasteiger partial charge in [0.15, 0.2) is 0 Å². The Hall–Kier alpha value is -3.14.